The standard InChI is InChI=1S/C31H48O8/c1-17(14-27(29(35)36-7)39-20(4)34)23-8-9-24-28-25(11-13-31(23,24)6)30(5)12-10-22(37-18(2)32)15-21(30)16-26(28)38-19(3)33/h17,21-28H,8-16H2,1-7H3/t17-,21?,22-,23-,24+,25+,26-,27?,28+,30+,31-/m1/s1. The molecular weight excluding hydrogens is 500 g/mol. The molecule has 0 radical (unpaired) electrons. The number of ether oxygens (including phenoxy) is 4. The number of hydrogen-bond donors (Lipinski definition) is 0. The largest absolute Gasteiger partial charge is 0.466 e. The average molecular weight is 549 g/mol. The summed E-state index contributed by atoms with van der Waals surface area (Å²) < 4.78 is 22.0. The van der Waals surface area contributed by atoms with E-state index in [2.05, 4.69) is 20.8 Å². The van der Waals surface area contributed by atoms with Crippen LogP contribution in [0.15, 0.2) is 0 Å². The molecule has 0 bridgehead atoms. The van der Waals surface area contributed by atoms with Crippen LogP contribution < -0.4 is 0 Å². The highest BCUT2D eigenvalue weighted by molar-refractivity contribution is 5.78. The number of rotatable bonds is 7. The highest BCUT2D eigenvalue weighted by Gasteiger charge is 2.64. The van der Waals surface area contributed by atoms with E-state index in [1.165, 1.54) is 27.9 Å². The van der Waals surface area contributed by atoms with Crippen LogP contribution in [0, 0.1) is 46.3 Å². The minimum Gasteiger partial charge on any atom is -0.466 e. The average Bonchev–Trinajstić information content (AvgIpc) is 3.20. The molecule has 0 aromatic carbocycles. The van der Waals surface area contributed by atoms with Gasteiger partial charge in [0.15, 0.2) is 6.10 Å². The van der Waals surface area contributed by atoms with Crippen LogP contribution in [0.2, 0.25) is 0 Å². The van der Waals surface area contributed by atoms with Gasteiger partial charge in [-0.2, -0.15) is 0 Å². The van der Waals surface area contributed by atoms with Gasteiger partial charge in [-0.3, -0.25) is 14.4 Å². The van der Waals surface area contributed by atoms with Gasteiger partial charge in [0.1, 0.15) is 12.2 Å². The zero-order chi connectivity index (χ0) is 28.7. The molecular formula is C31H48O8. The molecule has 4 fully saturated rings. The molecule has 39 heavy (non-hydrogen) atoms. The second-order valence-corrected chi connectivity index (χ2v) is 13.4. The normalized spacial score (nSPS) is 40.6. The van der Waals surface area contributed by atoms with Crippen molar-refractivity contribution in [1.29, 1.82) is 0 Å². The van der Waals surface area contributed by atoms with Crippen molar-refractivity contribution in [3.05, 3.63) is 0 Å². The van der Waals surface area contributed by atoms with E-state index in [4.69, 9.17) is 18.9 Å². The first-order valence-corrected chi connectivity index (χ1v) is 14.9. The summed E-state index contributed by atoms with van der Waals surface area (Å²) in [7, 11) is 1.32. The fourth-order valence-corrected chi connectivity index (χ4v) is 9.84. The van der Waals surface area contributed by atoms with Gasteiger partial charge in [-0.15, -0.1) is 0 Å². The number of methoxy groups -OCH3 is 1. The number of esters is 4. The molecule has 4 aliphatic carbocycles. The second-order valence-electron chi connectivity index (χ2n) is 13.4. The summed E-state index contributed by atoms with van der Waals surface area (Å²) in [5, 5.41) is 0. The van der Waals surface area contributed by atoms with Gasteiger partial charge < -0.3 is 18.9 Å². The summed E-state index contributed by atoms with van der Waals surface area (Å²) in [6.07, 6.45) is 7.21. The Kier molecular flexibility index (Phi) is 8.73. The second kappa shape index (κ2) is 11.4. The van der Waals surface area contributed by atoms with Crippen molar-refractivity contribution >= 4 is 23.9 Å². The molecule has 8 heteroatoms. The summed E-state index contributed by atoms with van der Waals surface area (Å²) in [4.78, 5) is 48.0. The minimum atomic E-state index is -0.892. The SMILES string of the molecule is COC(=O)C(C[C@@H](C)[C@H]1CC[C@H]2[C@@H]3[C@H](OC(C)=O)CC4C[C@H](OC(C)=O)CC[C@]4(C)[C@H]3CC[C@]12C)OC(C)=O. The number of carbonyl (C=O) groups is 4. The van der Waals surface area contributed by atoms with Crippen LogP contribution in [0.5, 0.6) is 0 Å². The van der Waals surface area contributed by atoms with Crippen molar-refractivity contribution in [2.45, 2.75) is 118 Å². The van der Waals surface area contributed by atoms with Crippen molar-refractivity contribution in [3.63, 3.8) is 0 Å². The Balaban J connectivity index is 1.58. The van der Waals surface area contributed by atoms with E-state index in [-0.39, 0.29) is 40.9 Å². The van der Waals surface area contributed by atoms with E-state index in [0.717, 1.165) is 51.4 Å². The van der Waals surface area contributed by atoms with E-state index in [9.17, 15) is 19.2 Å². The first-order chi connectivity index (χ1) is 18.3. The quantitative estimate of drug-likeness (QED) is 0.314. The molecule has 0 aliphatic heterocycles. The summed E-state index contributed by atoms with van der Waals surface area (Å²) in [6.45, 7) is 11.3. The fraction of sp³-hybridized carbons (Fsp3) is 0.871. The van der Waals surface area contributed by atoms with Gasteiger partial charge in [-0.1, -0.05) is 20.8 Å². The Labute approximate surface area is 233 Å². The molecule has 4 saturated carbocycles. The molecule has 0 N–H and O–H groups in total. The maximum atomic E-state index is 12.4. The number of hydrogen-bond acceptors (Lipinski definition) is 8. The lowest BCUT2D eigenvalue weighted by Gasteiger charge is -2.62. The van der Waals surface area contributed by atoms with Crippen LogP contribution in [0.3, 0.4) is 0 Å². The highest BCUT2D eigenvalue weighted by atomic mass is 16.6. The molecule has 0 spiro atoms. The summed E-state index contributed by atoms with van der Waals surface area (Å²) in [5.74, 6) is 0.610. The molecule has 4 rings (SSSR count). The molecule has 2 unspecified atom stereocenters. The van der Waals surface area contributed by atoms with Gasteiger partial charge in [0.2, 0.25) is 0 Å². The Morgan fingerprint density at radius 1 is 0.821 bits per heavy atom. The third-order valence-corrected chi connectivity index (χ3v) is 11.4. The zero-order valence-electron chi connectivity index (χ0n) is 24.8. The first kappa shape index (κ1) is 29.9. The lowest BCUT2D eigenvalue weighted by molar-refractivity contribution is -0.197. The molecule has 0 heterocycles. The van der Waals surface area contributed by atoms with Gasteiger partial charge in [-0.25, -0.2) is 4.79 Å². The van der Waals surface area contributed by atoms with Crippen LogP contribution in [0.25, 0.3) is 0 Å². The van der Waals surface area contributed by atoms with E-state index in [1.807, 2.05) is 0 Å². The molecule has 220 valence electrons. The van der Waals surface area contributed by atoms with Crippen LogP contribution >= 0.6 is 0 Å². The smallest absolute Gasteiger partial charge is 0.347 e. The molecule has 4 aliphatic rings. The van der Waals surface area contributed by atoms with Gasteiger partial charge >= 0.3 is 23.9 Å². The lowest BCUT2D eigenvalue weighted by Crippen LogP contribution is -2.59. The zero-order valence-corrected chi connectivity index (χ0v) is 24.8. The molecule has 8 nitrogen and oxygen atoms in total. The predicted octanol–water partition coefficient (Wildman–Crippen LogP) is 5.25. The Morgan fingerprint density at radius 3 is 2.08 bits per heavy atom. The molecule has 0 saturated heterocycles. The third kappa shape index (κ3) is 5.72. The van der Waals surface area contributed by atoms with E-state index >= 15 is 0 Å². The lowest BCUT2D eigenvalue weighted by atomic mass is 9.43. The van der Waals surface area contributed by atoms with E-state index < -0.39 is 18.0 Å². The predicted molar refractivity (Wildman–Crippen MR) is 143 cm³/mol. The minimum absolute atomic E-state index is 0.0496. The van der Waals surface area contributed by atoms with Gasteiger partial charge in [0.05, 0.1) is 7.11 Å². The van der Waals surface area contributed by atoms with Crippen molar-refractivity contribution in [1.82, 2.24) is 0 Å². The third-order valence-electron chi connectivity index (χ3n) is 11.4. The molecule has 0 aromatic rings. The summed E-state index contributed by atoms with van der Waals surface area (Å²) >= 11 is 0. The summed E-state index contributed by atoms with van der Waals surface area (Å²) in [6, 6.07) is 0. The summed E-state index contributed by atoms with van der Waals surface area (Å²) in [5.41, 5.74) is 0.183. The Hall–Kier alpha value is -2.12. The van der Waals surface area contributed by atoms with Crippen molar-refractivity contribution in [3.8, 4) is 0 Å². The van der Waals surface area contributed by atoms with Crippen LogP contribution in [-0.4, -0.2) is 49.3 Å². The van der Waals surface area contributed by atoms with E-state index in [1.54, 1.807) is 0 Å². The fourth-order valence-electron chi connectivity index (χ4n) is 9.84. The topological polar surface area (TPSA) is 105 Å². The van der Waals surface area contributed by atoms with Crippen LogP contribution in [-0.2, 0) is 38.1 Å². The van der Waals surface area contributed by atoms with Gasteiger partial charge in [0.25, 0.3) is 0 Å². The van der Waals surface area contributed by atoms with Crippen LogP contribution in [0.4, 0.5) is 0 Å². The Bertz CT molecular complexity index is 962. The maximum absolute atomic E-state index is 12.4. The van der Waals surface area contributed by atoms with Crippen molar-refractivity contribution < 1.29 is 38.1 Å². The molecule has 11 atom stereocenters. The van der Waals surface area contributed by atoms with Crippen molar-refractivity contribution in [2.24, 2.45) is 46.3 Å². The van der Waals surface area contributed by atoms with E-state index in [0.29, 0.717) is 36.0 Å². The maximum Gasteiger partial charge on any atom is 0.347 e. The first-order valence-electron chi connectivity index (χ1n) is 14.9. The highest BCUT2D eigenvalue weighted by Crippen LogP contribution is 2.69. The van der Waals surface area contributed by atoms with Crippen molar-refractivity contribution in [2.75, 3.05) is 7.11 Å². The number of fused-ring (bicyclic) bond motifs is 5. The Morgan fingerprint density at radius 2 is 1.46 bits per heavy atom. The monoisotopic (exact) mass is 548 g/mol. The van der Waals surface area contributed by atoms with Gasteiger partial charge in [-0.05, 0) is 98.2 Å². The van der Waals surface area contributed by atoms with Crippen LogP contribution in [0.1, 0.15) is 99.3 Å². The molecule has 0 amide bonds. The number of carbonyl (C=O) groups excluding carboxylic acids is 4. The molecule has 0 aromatic heterocycles. The van der Waals surface area contributed by atoms with Gasteiger partial charge in [0, 0.05) is 26.7 Å².